The molecule has 172 valence electrons. The Morgan fingerprint density at radius 2 is 1.91 bits per heavy atom. The quantitative estimate of drug-likeness (QED) is 0.515. The molecule has 6 rings (SSSR count). The summed E-state index contributed by atoms with van der Waals surface area (Å²) < 4.78 is 20.6. The maximum Gasteiger partial charge on any atom is 0.244 e. The summed E-state index contributed by atoms with van der Waals surface area (Å²) in [5.41, 5.74) is 0.275. The van der Waals surface area contributed by atoms with Gasteiger partial charge in [-0.15, -0.1) is 0 Å². The fourth-order valence-electron chi connectivity index (χ4n) is 5.12. The molecule has 0 spiro atoms. The summed E-state index contributed by atoms with van der Waals surface area (Å²) in [7, 11) is 3.06. The number of nitrogens with zero attached hydrogens (tertiary/aromatic N) is 3. The lowest BCUT2D eigenvalue weighted by Gasteiger charge is -2.68. The summed E-state index contributed by atoms with van der Waals surface area (Å²) in [6.07, 6.45) is 1.46. The van der Waals surface area contributed by atoms with Gasteiger partial charge in [-0.1, -0.05) is 41.7 Å². The molecule has 3 aliphatic carbocycles. The van der Waals surface area contributed by atoms with E-state index in [1.807, 2.05) is 18.2 Å². The number of halogens is 1. The minimum atomic E-state index is -0.668. The Hall–Kier alpha value is -3.11. The zero-order valence-corrected chi connectivity index (χ0v) is 19.0. The maximum absolute atomic E-state index is 14.9. The predicted octanol–water partition coefficient (Wildman–Crippen LogP) is 3.07. The van der Waals surface area contributed by atoms with Gasteiger partial charge in [-0.25, -0.2) is 4.98 Å². The monoisotopic (exact) mass is 470 g/mol. The van der Waals surface area contributed by atoms with Gasteiger partial charge in [-0.05, 0) is 24.8 Å². The van der Waals surface area contributed by atoms with Crippen molar-refractivity contribution in [3.8, 4) is 17.0 Å². The second-order valence-electron chi connectivity index (χ2n) is 8.85. The first-order chi connectivity index (χ1) is 15.8. The van der Waals surface area contributed by atoms with Gasteiger partial charge in [0.1, 0.15) is 5.52 Å². The van der Waals surface area contributed by atoms with E-state index in [1.54, 1.807) is 19.2 Å². The van der Waals surface area contributed by atoms with Crippen LogP contribution in [0.1, 0.15) is 19.3 Å². The van der Waals surface area contributed by atoms with Crippen molar-refractivity contribution in [2.75, 3.05) is 32.6 Å². The fraction of sp³-hybridized carbons (Fsp3) is 0.391. The smallest absolute Gasteiger partial charge is 0.244 e. The van der Waals surface area contributed by atoms with Crippen molar-refractivity contribution in [1.29, 1.82) is 0 Å². The number of amides is 2. The van der Waals surface area contributed by atoms with E-state index in [-0.39, 0.29) is 30.8 Å². The molecular weight excluding hydrogens is 447 g/mol. The normalized spacial score (nSPS) is 22.9. The molecule has 33 heavy (non-hydrogen) atoms. The van der Waals surface area contributed by atoms with E-state index in [4.69, 9.17) is 9.84 Å². The summed E-state index contributed by atoms with van der Waals surface area (Å²) >= 11 is 1.17. The first-order valence-corrected chi connectivity index (χ1v) is 11.4. The van der Waals surface area contributed by atoms with Crippen molar-refractivity contribution in [2.24, 2.45) is 10.8 Å². The van der Waals surface area contributed by atoms with Crippen LogP contribution in [-0.4, -0.2) is 59.1 Å². The van der Waals surface area contributed by atoms with E-state index in [0.717, 1.165) is 0 Å². The number of hydrogen-bond acceptors (Lipinski definition) is 7. The molecule has 2 bridgehead atoms. The van der Waals surface area contributed by atoms with Crippen molar-refractivity contribution >= 4 is 38.5 Å². The second kappa shape index (κ2) is 7.74. The zero-order chi connectivity index (χ0) is 23.4. The van der Waals surface area contributed by atoms with Crippen LogP contribution in [0.4, 0.5) is 9.52 Å². The molecule has 10 heteroatoms. The van der Waals surface area contributed by atoms with Crippen LogP contribution >= 0.6 is 11.3 Å². The summed E-state index contributed by atoms with van der Waals surface area (Å²) in [6.45, 7) is 0.188. The standard InChI is InChI=1S/C23H23FN4O4S/c1-28(8-9-29)20(31)23-10-22(11-23,12-23)19(30)27-21-25-15-16(33-21)14(13-6-4-3-5-7-13)17(24)26-18(15)32-2/h3-7,29H,8-12H2,1-2H3,(H,25,27,30). The molecule has 0 radical (unpaired) electrons. The van der Waals surface area contributed by atoms with Gasteiger partial charge in [0.25, 0.3) is 0 Å². The van der Waals surface area contributed by atoms with Gasteiger partial charge in [0.2, 0.25) is 23.6 Å². The second-order valence-corrected chi connectivity index (χ2v) is 9.84. The number of nitrogens with one attached hydrogen (secondary N) is 1. The molecule has 8 nitrogen and oxygen atoms in total. The SMILES string of the molecule is COc1nc(F)c(-c2ccccc2)c2sc(NC(=O)C34CC(C(=O)N(C)CCO)(C3)C4)nc12. The topological polar surface area (TPSA) is 105 Å². The Morgan fingerprint density at radius 3 is 2.55 bits per heavy atom. The molecule has 2 aromatic heterocycles. The molecule has 2 N–H and O–H groups in total. The van der Waals surface area contributed by atoms with Crippen LogP contribution in [0.3, 0.4) is 0 Å². The van der Waals surface area contributed by atoms with Gasteiger partial charge in [0, 0.05) is 13.6 Å². The van der Waals surface area contributed by atoms with E-state index in [1.165, 1.54) is 23.3 Å². The molecule has 2 heterocycles. The summed E-state index contributed by atoms with van der Waals surface area (Å²) in [5.74, 6) is -0.820. The average Bonchev–Trinajstić information content (AvgIpc) is 3.14. The maximum atomic E-state index is 14.9. The molecule has 0 saturated heterocycles. The number of thiazole rings is 1. The number of methoxy groups -OCH3 is 1. The first-order valence-electron chi connectivity index (χ1n) is 10.6. The Morgan fingerprint density at radius 1 is 1.21 bits per heavy atom. The number of likely N-dealkylation sites (N-methyl/N-ethyl adjacent to an activating group) is 1. The minimum Gasteiger partial charge on any atom is -0.479 e. The number of aliphatic hydroxyl groups is 1. The number of benzene rings is 1. The molecule has 3 aromatic rings. The van der Waals surface area contributed by atoms with Crippen molar-refractivity contribution < 1.29 is 23.8 Å². The highest BCUT2D eigenvalue weighted by atomic mass is 32.1. The Bertz CT molecular complexity index is 1240. The molecule has 0 unspecified atom stereocenters. The van der Waals surface area contributed by atoms with Crippen LogP contribution in [-0.2, 0) is 9.59 Å². The highest BCUT2D eigenvalue weighted by Gasteiger charge is 2.75. The molecule has 0 atom stereocenters. The molecule has 0 aliphatic heterocycles. The number of ether oxygens (including phenoxy) is 1. The van der Waals surface area contributed by atoms with E-state index in [9.17, 15) is 14.0 Å². The van der Waals surface area contributed by atoms with Crippen LogP contribution < -0.4 is 10.1 Å². The number of rotatable bonds is 7. The van der Waals surface area contributed by atoms with E-state index >= 15 is 0 Å². The lowest BCUT2D eigenvalue weighted by Crippen LogP contribution is -2.71. The zero-order valence-electron chi connectivity index (χ0n) is 18.2. The minimum absolute atomic E-state index is 0.0231. The molecule has 3 saturated carbocycles. The third kappa shape index (κ3) is 3.27. The van der Waals surface area contributed by atoms with Crippen LogP contribution in [0.2, 0.25) is 0 Å². The van der Waals surface area contributed by atoms with Crippen LogP contribution in [0.5, 0.6) is 5.88 Å². The van der Waals surface area contributed by atoms with Crippen molar-refractivity contribution in [1.82, 2.24) is 14.9 Å². The van der Waals surface area contributed by atoms with Crippen LogP contribution in [0.25, 0.3) is 21.3 Å². The van der Waals surface area contributed by atoms with E-state index in [2.05, 4.69) is 15.3 Å². The molecule has 3 aliphatic rings. The van der Waals surface area contributed by atoms with Gasteiger partial charge in [0.05, 0.1) is 34.8 Å². The molecule has 2 amide bonds. The van der Waals surface area contributed by atoms with Gasteiger partial charge in [-0.2, -0.15) is 9.37 Å². The van der Waals surface area contributed by atoms with Gasteiger partial charge in [-0.3, -0.25) is 9.59 Å². The van der Waals surface area contributed by atoms with Crippen molar-refractivity contribution in [2.45, 2.75) is 19.3 Å². The largest absolute Gasteiger partial charge is 0.479 e. The van der Waals surface area contributed by atoms with Crippen LogP contribution in [0, 0.1) is 16.8 Å². The number of anilines is 1. The Balaban J connectivity index is 1.39. The van der Waals surface area contributed by atoms with E-state index in [0.29, 0.717) is 45.7 Å². The highest BCUT2D eigenvalue weighted by Crippen LogP contribution is 2.74. The van der Waals surface area contributed by atoms with Gasteiger partial charge < -0.3 is 20.1 Å². The number of fused-ring (bicyclic) bond motifs is 1. The summed E-state index contributed by atoms with van der Waals surface area (Å²) in [6, 6.07) is 9.04. The van der Waals surface area contributed by atoms with Crippen molar-refractivity contribution in [3.05, 3.63) is 36.3 Å². The Labute approximate surface area is 193 Å². The molecule has 1 aromatic carbocycles. The predicted molar refractivity (Wildman–Crippen MR) is 121 cm³/mol. The van der Waals surface area contributed by atoms with Gasteiger partial charge in [0.15, 0.2) is 5.13 Å². The molecule has 3 fully saturated rings. The lowest BCUT2D eigenvalue weighted by atomic mass is 9.34. The lowest BCUT2D eigenvalue weighted by molar-refractivity contribution is -0.211. The summed E-state index contributed by atoms with van der Waals surface area (Å²) in [5, 5.41) is 12.3. The summed E-state index contributed by atoms with van der Waals surface area (Å²) in [4.78, 5) is 35.6. The third-order valence-electron chi connectivity index (χ3n) is 6.69. The van der Waals surface area contributed by atoms with Gasteiger partial charge >= 0.3 is 0 Å². The fourth-order valence-corrected chi connectivity index (χ4v) is 6.13. The number of hydrogen-bond donors (Lipinski definition) is 2. The number of pyridine rings is 1. The highest BCUT2D eigenvalue weighted by molar-refractivity contribution is 7.23. The first kappa shape index (κ1) is 21.7. The average molecular weight is 471 g/mol. The van der Waals surface area contributed by atoms with E-state index < -0.39 is 16.8 Å². The number of carbonyl (C=O) groups excluding carboxylic acids is 2. The number of aromatic nitrogens is 2. The number of carbonyl (C=O) groups is 2. The van der Waals surface area contributed by atoms with Crippen LogP contribution in [0.15, 0.2) is 30.3 Å². The molecular formula is C23H23FN4O4S. The Kier molecular flexibility index (Phi) is 5.09. The van der Waals surface area contributed by atoms with Crippen molar-refractivity contribution in [3.63, 3.8) is 0 Å². The third-order valence-corrected chi connectivity index (χ3v) is 7.68. The number of aliphatic hydroxyl groups excluding tert-OH is 1.